The molecular formula is C24H23FN2O2S. The third-order valence-corrected chi connectivity index (χ3v) is 5.75. The van der Waals surface area contributed by atoms with Crippen molar-refractivity contribution in [2.45, 2.75) is 13.8 Å². The summed E-state index contributed by atoms with van der Waals surface area (Å²) in [5.74, 6) is -0.777. The maximum absolute atomic E-state index is 13.1. The lowest BCUT2D eigenvalue weighted by molar-refractivity contribution is -0.129. The van der Waals surface area contributed by atoms with E-state index in [1.807, 2.05) is 44.2 Å². The van der Waals surface area contributed by atoms with Crippen LogP contribution in [0.25, 0.3) is 16.5 Å². The number of halogens is 1. The van der Waals surface area contributed by atoms with Crippen LogP contribution in [0.2, 0.25) is 0 Å². The predicted molar refractivity (Wildman–Crippen MR) is 121 cm³/mol. The van der Waals surface area contributed by atoms with Gasteiger partial charge in [0.15, 0.2) is 0 Å². The monoisotopic (exact) mass is 422 g/mol. The van der Waals surface area contributed by atoms with Gasteiger partial charge in [-0.15, -0.1) is 11.3 Å². The molecule has 2 aromatic carbocycles. The third kappa shape index (κ3) is 5.42. The van der Waals surface area contributed by atoms with Crippen LogP contribution in [0.4, 0.5) is 10.1 Å². The maximum Gasteiger partial charge on any atom is 0.246 e. The highest BCUT2D eigenvalue weighted by Gasteiger charge is 2.13. The Morgan fingerprint density at radius 1 is 1.03 bits per heavy atom. The molecular weight excluding hydrogens is 399 g/mol. The molecule has 0 saturated heterocycles. The summed E-state index contributed by atoms with van der Waals surface area (Å²) in [6.45, 7) is 3.82. The Bertz CT molecular complexity index is 1070. The van der Waals surface area contributed by atoms with Gasteiger partial charge in [-0.1, -0.05) is 30.3 Å². The molecule has 1 N–H and O–H groups in total. The molecule has 0 unspecified atom stereocenters. The number of hydrogen-bond donors (Lipinski definition) is 1. The Morgan fingerprint density at radius 2 is 1.70 bits per heavy atom. The molecule has 0 spiro atoms. The van der Waals surface area contributed by atoms with E-state index in [-0.39, 0.29) is 24.2 Å². The van der Waals surface area contributed by atoms with Crippen LogP contribution in [0.5, 0.6) is 0 Å². The first-order valence-electron chi connectivity index (χ1n) is 9.48. The summed E-state index contributed by atoms with van der Waals surface area (Å²) in [5, 5.41) is 2.88. The van der Waals surface area contributed by atoms with Gasteiger partial charge < -0.3 is 10.2 Å². The minimum Gasteiger partial charge on any atom is -0.333 e. The number of nitrogens with zero attached hydrogens (tertiary/aromatic N) is 1. The number of thiophene rings is 1. The Balaban J connectivity index is 1.58. The molecule has 3 aromatic rings. The van der Waals surface area contributed by atoms with Gasteiger partial charge in [0.2, 0.25) is 11.8 Å². The molecule has 2 amide bonds. The van der Waals surface area contributed by atoms with Gasteiger partial charge >= 0.3 is 0 Å². The maximum atomic E-state index is 13.1. The molecule has 0 atom stereocenters. The van der Waals surface area contributed by atoms with Crippen LogP contribution < -0.4 is 5.32 Å². The fraction of sp³-hybridized carbons (Fsp3) is 0.167. The Hall–Kier alpha value is -3.25. The second kappa shape index (κ2) is 9.50. The fourth-order valence-corrected chi connectivity index (χ4v) is 3.89. The number of hydrogen-bond acceptors (Lipinski definition) is 3. The lowest BCUT2D eigenvalue weighted by Gasteiger charge is -2.16. The van der Waals surface area contributed by atoms with Gasteiger partial charge in [0.25, 0.3) is 0 Å². The fourth-order valence-electron chi connectivity index (χ4n) is 2.98. The highest BCUT2D eigenvalue weighted by atomic mass is 32.1. The minimum atomic E-state index is -0.273. The Labute approximate surface area is 179 Å². The summed E-state index contributed by atoms with van der Waals surface area (Å²) in [6, 6.07) is 15.9. The van der Waals surface area contributed by atoms with Gasteiger partial charge in [-0.3, -0.25) is 9.59 Å². The van der Waals surface area contributed by atoms with E-state index in [9.17, 15) is 14.0 Å². The van der Waals surface area contributed by atoms with E-state index in [2.05, 4.69) is 5.32 Å². The first-order chi connectivity index (χ1) is 14.3. The summed E-state index contributed by atoms with van der Waals surface area (Å²) in [5.41, 5.74) is 3.66. The minimum absolute atomic E-state index is 0.0395. The molecule has 0 aliphatic rings. The number of amides is 2. The van der Waals surface area contributed by atoms with Crippen molar-refractivity contribution >= 4 is 34.9 Å². The highest BCUT2D eigenvalue weighted by Crippen LogP contribution is 2.29. The molecule has 6 heteroatoms. The number of anilines is 1. The number of para-hydroxylation sites is 1. The van der Waals surface area contributed by atoms with E-state index in [0.29, 0.717) is 0 Å². The van der Waals surface area contributed by atoms with Crippen LogP contribution in [0.1, 0.15) is 16.0 Å². The molecule has 30 heavy (non-hydrogen) atoms. The van der Waals surface area contributed by atoms with Gasteiger partial charge in [0.1, 0.15) is 5.82 Å². The molecule has 0 radical (unpaired) electrons. The van der Waals surface area contributed by atoms with E-state index in [0.717, 1.165) is 32.1 Å². The second-order valence-electron chi connectivity index (χ2n) is 7.05. The molecule has 0 saturated carbocycles. The van der Waals surface area contributed by atoms with Gasteiger partial charge in [-0.2, -0.15) is 0 Å². The lowest BCUT2D eigenvalue weighted by atomic mass is 10.1. The third-order valence-electron chi connectivity index (χ3n) is 4.65. The van der Waals surface area contributed by atoms with Crippen molar-refractivity contribution in [2.24, 2.45) is 0 Å². The number of likely N-dealkylation sites (N-methyl/N-ethyl adjacent to an activating group) is 1. The zero-order valence-electron chi connectivity index (χ0n) is 17.1. The lowest BCUT2D eigenvalue weighted by Crippen LogP contribution is -2.34. The van der Waals surface area contributed by atoms with Crippen LogP contribution in [-0.4, -0.2) is 30.3 Å². The number of carbonyl (C=O) groups excluding carboxylic acids is 2. The molecule has 1 aromatic heterocycles. The van der Waals surface area contributed by atoms with Crippen molar-refractivity contribution in [3.63, 3.8) is 0 Å². The summed E-state index contributed by atoms with van der Waals surface area (Å²) in [6.07, 6.45) is 3.17. The number of nitrogens with one attached hydrogen (secondary N) is 1. The standard InChI is InChI=1S/C24H23FN2O2S/c1-16-5-4-6-17(2)24(16)26-22(28)15-27(3)23(29)14-12-20-11-13-21(30-20)18-7-9-19(25)10-8-18/h4-14H,15H2,1-3H3,(H,26,28)/b14-12+. The van der Waals surface area contributed by atoms with Crippen LogP contribution in [0, 0.1) is 19.7 Å². The van der Waals surface area contributed by atoms with Crippen molar-refractivity contribution in [3.8, 4) is 10.4 Å². The van der Waals surface area contributed by atoms with Crippen molar-refractivity contribution < 1.29 is 14.0 Å². The van der Waals surface area contributed by atoms with Crippen molar-refractivity contribution in [1.82, 2.24) is 4.90 Å². The first kappa shape index (κ1) is 21.5. The summed E-state index contributed by atoms with van der Waals surface area (Å²) >= 11 is 1.51. The quantitative estimate of drug-likeness (QED) is 0.550. The Morgan fingerprint density at radius 3 is 2.37 bits per heavy atom. The van der Waals surface area contributed by atoms with Gasteiger partial charge in [0.05, 0.1) is 6.54 Å². The first-order valence-corrected chi connectivity index (χ1v) is 10.3. The van der Waals surface area contributed by atoms with Crippen molar-refractivity contribution in [1.29, 1.82) is 0 Å². The molecule has 1 heterocycles. The molecule has 154 valence electrons. The predicted octanol–water partition coefficient (Wildman–Crippen LogP) is 5.28. The zero-order valence-corrected chi connectivity index (χ0v) is 17.9. The van der Waals surface area contributed by atoms with Crippen LogP contribution in [-0.2, 0) is 9.59 Å². The van der Waals surface area contributed by atoms with Crippen molar-refractivity contribution in [3.05, 3.63) is 82.5 Å². The van der Waals surface area contributed by atoms with Crippen molar-refractivity contribution in [2.75, 3.05) is 18.9 Å². The Kier molecular flexibility index (Phi) is 6.79. The van der Waals surface area contributed by atoms with Gasteiger partial charge in [-0.05, 0) is 60.9 Å². The molecule has 0 bridgehead atoms. The number of benzene rings is 2. The summed E-state index contributed by atoms with van der Waals surface area (Å²) < 4.78 is 13.1. The van der Waals surface area contributed by atoms with E-state index in [1.54, 1.807) is 25.3 Å². The average molecular weight is 423 g/mol. The number of rotatable bonds is 6. The molecule has 0 aliphatic heterocycles. The van der Waals surface area contributed by atoms with E-state index in [4.69, 9.17) is 0 Å². The molecule has 0 aliphatic carbocycles. The summed E-state index contributed by atoms with van der Waals surface area (Å²) in [4.78, 5) is 28.0. The average Bonchev–Trinajstić information content (AvgIpc) is 3.18. The molecule has 0 fully saturated rings. The van der Waals surface area contributed by atoms with Gasteiger partial charge in [-0.25, -0.2) is 4.39 Å². The smallest absolute Gasteiger partial charge is 0.246 e. The highest BCUT2D eigenvalue weighted by molar-refractivity contribution is 7.16. The van der Waals surface area contributed by atoms with E-state index >= 15 is 0 Å². The zero-order chi connectivity index (χ0) is 21.7. The second-order valence-corrected chi connectivity index (χ2v) is 8.17. The number of aryl methyl sites for hydroxylation is 2. The van der Waals surface area contributed by atoms with Crippen LogP contribution in [0.15, 0.2) is 60.7 Å². The molecule has 3 rings (SSSR count). The summed E-state index contributed by atoms with van der Waals surface area (Å²) in [7, 11) is 1.59. The molecule has 4 nitrogen and oxygen atoms in total. The van der Waals surface area contributed by atoms with E-state index in [1.165, 1.54) is 34.4 Å². The largest absolute Gasteiger partial charge is 0.333 e. The number of carbonyl (C=O) groups is 2. The van der Waals surface area contributed by atoms with Crippen LogP contribution in [0.3, 0.4) is 0 Å². The van der Waals surface area contributed by atoms with E-state index < -0.39 is 0 Å². The van der Waals surface area contributed by atoms with Crippen LogP contribution >= 0.6 is 11.3 Å². The SMILES string of the molecule is Cc1cccc(C)c1NC(=O)CN(C)C(=O)/C=C/c1ccc(-c2ccc(F)cc2)s1. The normalized spacial score (nSPS) is 10.9. The topological polar surface area (TPSA) is 49.4 Å². The van der Waals surface area contributed by atoms with Gasteiger partial charge in [0, 0.05) is 28.6 Å².